The second kappa shape index (κ2) is 7.50. The summed E-state index contributed by atoms with van der Waals surface area (Å²) < 4.78 is 61.7. The second-order valence-electron chi connectivity index (χ2n) is 6.53. The van der Waals surface area contributed by atoms with E-state index in [0.717, 1.165) is 0 Å². The number of fused-ring (bicyclic) bond motifs is 1. The maximum atomic E-state index is 13.4. The van der Waals surface area contributed by atoms with Gasteiger partial charge >= 0.3 is 12.1 Å². The van der Waals surface area contributed by atoms with E-state index in [1.54, 1.807) is 25.1 Å². The van der Waals surface area contributed by atoms with Gasteiger partial charge in [0, 0.05) is 18.0 Å². The minimum Gasteiger partial charge on any atom is -0.329 e. The highest BCUT2D eigenvalue weighted by Crippen LogP contribution is 2.34. The van der Waals surface area contributed by atoms with Crippen LogP contribution < -0.4 is 0 Å². The van der Waals surface area contributed by atoms with Crippen molar-refractivity contribution in [2.24, 2.45) is 4.36 Å². The van der Waals surface area contributed by atoms with Gasteiger partial charge in [0.25, 0.3) is 0 Å². The molecule has 162 valence electrons. The van der Waals surface area contributed by atoms with Crippen LogP contribution in [0.2, 0.25) is 10.0 Å². The van der Waals surface area contributed by atoms with Gasteiger partial charge in [-0.2, -0.15) is 22.5 Å². The molecule has 0 bridgehead atoms. The molecule has 13 heteroatoms. The summed E-state index contributed by atoms with van der Waals surface area (Å²) in [6.45, 7) is 1.66. The first-order valence-corrected chi connectivity index (χ1v) is 11.2. The summed E-state index contributed by atoms with van der Waals surface area (Å²) in [5.41, 5.74) is 1.04. The van der Waals surface area contributed by atoms with Crippen molar-refractivity contribution in [1.82, 2.24) is 19.5 Å². The summed E-state index contributed by atoms with van der Waals surface area (Å²) >= 11 is 12.4. The quantitative estimate of drug-likeness (QED) is 0.362. The largest absolute Gasteiger partial charge is 0.471 e. The fourth-order valence-electron chi connectivity index (χ4n) is 2.91. The van der Waals surface area contributed by atoms with Gasteiger partial charge in [-0.3, -0.25) is 4.40 Å². The number of imidazole rings is 1. The standard InChI is InChI=1S/C18H12Cl2F3N5O2S/c1-9-16(27-31(2,29)14-11(19)4-3-5-12(14)20)28-7-6-10(8-13(28)24-9)15-25-17(30-26-15)18(21,22)23/h3-8H,1-2H3. The lowest BCUT2D eigenvalue weighted by atomic mass is 10.2. The molecule has 7 nitrogen and oxygen atoms in total. The van der Waals surface area contributed by atoms with E-state index in [9.17, 15) is 17.4 Å². The predicted octanol–water partition coefficient (Wildman–Crippen LogP) is 5.81. The average molecular weight is 490 g/mol. The SMILES string of the molecule is Cc1nc2cc(-c3noc(C(F)(F)F)n3)ccn2c1N=S(C)(=O)c1c(Cl)cccc1Cl. The monoisotopic (exact) mass is 489 g/mol. The molecule has 3 heterocycles. The first kappa shape index (κ1) is 21.6. The van der Waals surface area contributed by atoms with Crippen molar-refractivity contribution in [3.8, 4) is 11.4 Å². The first-order valence-electron chi connectivity index (χ1n) is 8.53. The Labute approximate surface area is 184 Å². The van der Waals surface area contributed by atoms with Crippen LogP contribution in [-0.4, -0.2) is 30.0 Å². The molecule has 4 rings (SSSR count). The van der Waals surface area contributed by atoms with Gasteiger partial charge in [-0.1, -0.05) is 34.4 Å². The Kier molecular flexibility index (Phi) is 5.23. The molecule has 0 fully saturated rings. The molecule has 0 radical (unpaired) electrons. The molecule has 1 atom stereocenters. The Morgan fingerprint density at radius 1 is 1.16 bits per heavy atom. The number of aromatic nitrogens is 4. The molecule has 31 heavy (non-hydrogen) atoms. The Hall–Kier alpha value is -2.63. The van der Waals surface area contributed by atoms with Crippen LogP contribution >= 0.6 is 23.2 Å². The predicted molar refractivity (Wildman–Crippen MR) is 109 cm³/mol. The molecule has 0 saturated heterocycles. The molecule has 0 aliphatic rings. The van der Waals surface area contributed by atoms with Gasteiger partial charge in [-0.05, 0) is 31.2 Å². The summed E-state index contributed by atoms with van der Waals surface area (Å²) in [4.78, 5) is 7.92. The summed E-state index contributed by atoms with van der Waals surface area (Å²) in [7, 11) is -3.05. The first-order chi connectivity index (χ1) is 14.5. The highest BCUT2D eigenvalue weighted by Gasteiger charge is 2.38. The molecular weight excluding hydrogens is 478 g/mol. The summed E-state index contributed by atoms with van der Waals surface area (Å²) in [5, 5.41) is 3.80. The Morgan fingerprint density at radius 3 is 2.45 bits per heavy atom. The smallest absolute Gasteiger partial charge is 0.329 e. The summed E-state index contributed by atoms with van der Waals surface area (Å²) in [5.74, 6) is -1.40. The number of hydrogen-bond donors (Lipinski definition) is 0. The number of aryl methyl sites for hydroxylation is 1. The van der Waals surface area contributed by atoms with Gasteiger partial charge in [0.15, 0.2) is 5.82 Å². The van der Waals surface area contributed by atoms with E-state index >= 15 is 0 Å². The lowest BCUT2D eigenvalue weighted by Crippen LogP contribution is -2.04. The normalized spacial score (nSPS) is 14.0. The van der Waals surface area contributed by atoms with Gasteiger partial charge in [0.1, 0.15) is 5.65 Å². The molecule has 1 unspecified atom stereocenters. The van der Waals surface area contributed by atoms with E-state index in [1.807, 2.05) is 0 Å². The third-order valence-corrected chi connectivity index (χ3v) is 6.83. The molecule has 0 amide bonds. The third kappa shape index (κ3) is 4.00. The molecule has 0 saturated carbocycles. The Morgan fingerprint density at radius 2 is 1.84 bits per heavy atom. The van der Waals surface area contributed by atoms with Crippen LogP contribution in [0.25, 0.3) is 17.0 Å². The summed E-state index contributed by atoms with van der Waals surface area (Å²) in [6.07, 6.45) is -1.82. The fourth-order valence-corrected chi connectivity index (χ4v) is 5.67. The van der Waals surface area contributed by atoms with Crippen LogP contribution in [0.1, 0.15) is 11.6 Å². The molecule has 0 spiro atoms. The van der Waals surface area contributed by atoms with Crippen molar-refractivity contribution < 1.29 is 21.9 Å². The van der Waals surface area contributed by atoms with Crippen LogP contribution in [0.3, 0.4) is 0 Å². The fraction of sp³-hybridized carbons (Fsp3) is 0.167. The molecule has 0 aliphatic heterocycles. The van der Waals surface area contributed by atoms with Gasteiger partial charge in [-0.15, -0.1) is 0 Å². The minimum absolute atomic E-state index is 0.204. The highest BCUT2D eigenvalue weighted by atomic mass is 35.5. The molecule has 1 aromatic carbocycles. The van der Waals surface area contributed by atoms with Crippen molar-refractivity contribution in [1.29, 1.82) is 0 Å². The van der Waals surface area contributed by atoms with Crippen molar-refractivity contribution in [3.05, 3.63) is 58.2 Å². The van der Waals surface area contributed by atoms with Crippen molar-refractivity contribution in [3.63, 3.8) is 0 Å². The molecular formula is C18H12Cl2F3N5O2S. The topological polar surface area (TPSA) is 85.7 Å². The molecule has 0 aliphatic carbocycles. The number of pyridine rings is 1. The van der Waals surface area contributed by atoms with Gasteiger partial charge in [0.2, 0.25) is 5.82 Å². The van der Waals surface area contributed by atoms with Crippen LogP contribution in [0.4, 0.5) is 19.0 Å². The van der Waals surface area contributed by atoms with Gasteiger partial charge < -0.3 is 4.52 Å². The molecule has 0 N–H and O–H groups in total. The maximum absolute atomic E-state index is 13.4. The van der Waals surface area contributed by atoms with Gasteiger partial charge in [-0.25, -0.2) is 9.19 Å². The number of hydrogen-bond acceptors (Lipinski definition) is 6. The zero-order valence-electron chi connectivity index (χ0n) is 15.8. The number of rotatable bonds is 3. The number of alkyl halides is 3. The van der Waals surface area contributed by atoms with E-state index in [0.29, 0.717) is 11.3 Å². The second-order valence-corrected chi connectivity index (χ2v) is 9.54. The van der Waals surface area contributed by atoms with E-state index in [4.69, 9.17) is 23.2 Å². The van der Waals surface area contributed by atoms with Crippen LogP contribution in [-0.2, 0) is 15.9 Å². The maximum Gasteiger partial charge on any atom is 0.471 e. The van der Waals surface area contributed by atoms with Crippen molar-refractivity contribution >= 4 is 44.4 Å². The molecule has 3 aromatic heterocycles. The van der Waals surface area contributed by atoms with E-state index in [2.05, 4.69) is 24.0 Å². The zero-order chi connectivity index (χ0) is 22.6. The third-order valence-electron chi connectivity index (χ3n) is 4.25. The van der Waals surface area contributed by atoms with E-state index < -0.39 is 21.8 Å². The lowest BCUT2D eigenvalue weighted by molar-refractivity contribution is -0.159. The minimum atomic E-state index is -4.74. The number of benzene rings is 1. The Balaban J connectivity index is 1.82. The number of nitrogens with zero attached hydrogens (tertiary/aromatic N) is 5. The van der Waals surface area contributed by atoms with Crippen LogP contribution in [0.5, 0.6) is 0 Å². The van der Waals surface area contributed by atoms with Crippen molar-refractivity contribution in [2.75, 3.05) is 6.26 Å². The number of halogens is 5. The summed E-state index contributed by atoms with van der Waals surface area (Å²) in [6, 6.07) is 7.70. The van der Waals surface area contributed by atoms with Crippen LogP contribution in [0.15, 0.2) is 50.3 Å². The lowest BCUT2D eigenvalue weighted by Gasteiger charge is -2.09. The van der Waals surface area contributed by atoms with E-state index in [1.165, 1.54) is 29.0 Å². The Bertz CT molecular complexity index is 1420. The van der Waals surface area contributed by atoms with Crippen molar-refractivity contribution in [2.45, 2.75) is 18.0 Å². The average Bonchev–Trinajstić information content (AvgIpc) is 3.26. The van der Waals surface area contributed by atoms with Crippen LogP contribution in [0, 0.1) is 6.92 Å². The zero-order valence-corrected chi connectivity index (χ0v) is 18.1. The molecule has 4 aromatic rings. The van der Waals surface area contributed by atoms with Gasteiger partial charge in [0.05, 0.1) is 30.4 Å². The highest BCUT2D eigenvalue weighted by molar-refractivity contribution is 7.93. The van der Waals surface area contributed by atoms with E-state index in [-0.39, 0.29) is 32.1 Å².